The number of nitrogens with one attached hydrogen (secondary N) is 1. The molecule has 5 nitrogen and oxygen atoms in total. The van der Waals surface area contributed by atoms with Crippen molar-refractivity contribution < 1.29 is 27.8 Å². The number of carbonyl (C=O) groups excluding carboxylic acids is 2. The lowest BCUT2D eigenvalue weighted by molar-refractivity contribution is -0.124. The normalized spacial score (nSPS) is 10.4. The average Bonchev–Trinajstić information content (AvgIpc) is 2.64. The zero-order chi connectivity index (χ0) is 18.8. The highest BCUT2D eigenvalue weighted by Gasteiger charge is 2.17. The Morgan fingerprint density at radius 1 is 1.04 bits per heavy atom. The molecule has 0 fully saturated rings. The fourth-order valence-electron chi connectivity index (χ4n) is 1.97. The lowest BCUT2D eigenvalue weighted by Gasteiger charge is -2.10. The number of esters is 1. The van der Waals surface area contributed by atoms with Gasteiger partial charge in [0.1, 0.15) is 11.3 Å². The summed E-state index contributed by atoms with van der Waals surface area (Å²) in [7, 11) is 0. The summed E-state index contributed by atoms with van der Waals surface area (Å²) in [6.45, 7) is -3.16. The summed E-state index contributed by atoms with van der Waals surface area (Å²) in [5.74, 6) is -1.02. The Bertz CT molecular complexity index is 728. The maximum atomic E-state index is 12.3. The SMILES string of the molecule is O=C(COC(=O)c1ccccc1OC(F)F)NCCSc1ccccc1. The summed E-state index contributed by atoms with van der Waals surface area (Å²) < 4.78 is 33.8. The minimum absolute atomic E-state index is 0.166. The van der Waals surface area contributed by atoms with Crippen LogP contribution in [0.15, 0.2) is 59.5 Å². The minimum atomic E-state index is -3.06. The van der Waals surface area contributed by atoms with Crippen molar-refractivity contribution in [3.63, 3.8) is 0 Å². The van der Waals surface area contributed by atoms with E-state index in [0.717, 1.165) is 4.90 Å². The molecule has 2 aromatic carbocycles. The Morgan fingerprint density at radius 2 is 1.73 bits per heavy atom. The van der Waals surface area contributed by atoms with Crippen LogP contribution in [0.3, 0.4) is 0 Å². The van der Waals surface area contributed by atoms with Crippen LogP contribution in [-0.2, 0) is 9.53 Å². The molecule has 0 aliphatic carbocycles. The van der Waals surface area contributed by atoms with Crippen LogP contribution in [0.25, 0.3) is 0 Å². The number of amides is 1. The molecule has 0 aliphatic heterocycles. The molecule has 26 heavy (non-hydrogen) atoms. The van der Waals surface area contributed by atoms with Crippen LogP contribution in [0.2, 0.25) is 0 Å². The maximum absolute atomic E-state index is 12.3. The number of rotatable bonds is 9. The van der Waals surface area contributed by atoms with Crippen molar-refractivity contribution in [2.24, 2.45) is 0 Å². The number of para-hydroxylation sites is 1. The molecule has 0 atom stereocenters. The van der Waals surface area contributed by atoms with E-state index in [4.69, 9.17) is 4.74 Å². The van der Waals surface area contributed by atoms with E-state index in [9.17, 15) is 18.4 Å². The monoisotopic (exact) mass is 381 g/mol. The van der Waals surface area contributed by atoms with Gasteiger partial charge in [0.2, 0.25) is 0 Å². The molecule has 0 bridgehead atoms. The lowest BCUT2D eigenvalue weighted by atomic mass is 10.2. The molecule has 1 N–H and O–H groups in total. The fraction of sp³-hybridized carbons (Fsp3) is 0.222. The molecule has 0 saturated heterocycles. The Labute approximate surface area is 153 Å². The smallest absolute Gasteiger partial charge is 0.387 e. The Kier molecular flexibility index (Phi) is 7.88. The zero-order valence-corrected chi connectivity index (χ0v) is 14.5. The minimum Gasteiger partial charge on any atom is -0.452 e. The average molecular weight is 381 g/mol. The standard InChI is InChI=1S/C18H17F2NO4S/c19-18(20)25-15-9-5-4-8-14(15)17(23)24-12-16(22)21-10-11-26-13-6-2-1-3-7-13/h1-9,18H,10-12H2,(H,21,22). The van der Waals surface area contributed by atoms with Crippen LogP contribution < -0.4 is 10.1 Å². The third-order valence-electron chi connectivity index (χ3n) is 3.09. The molecule has 0 unspecified atom stereocenters. The van der Waals surface area contributed by atoms with E-state index in [1.165, 1.54) is 24.3 Å². The molecule has 0 aromatic heterocycles. The Morgan fingerprint density at radius 3 is 2.46 bits per heavy atom. The van der Waals surface area contributed by atoms with E-state index in [1.54, 1.807) is 11.8 Å². The number of benzene rings is 2. The highest BCUT2D eigenvalue weighted by molar-refractivity contribution is 7.99. The van der Waals surface area contributed by atoms with Gasteiger partial charge in [-0.05, 0) is 24.3 Å². The van der Waals surface area contributed by atoms with Gasteiger partial charge in [-0.1, -0.05) is 30.3 Å². The van der Waals surface area contributed by atoms with E-state index >= 15 is 0 Å². The van der Waals surface area contributed by atoms with Crippen molar-refractivity contribution >= 4 is 23.6 Å². The van der Waals surface area contributed by atoms with E-state index in [2.05, 4.69) is 10.1 Å². The van der Waals surface area contributed by atoms with Crippen LogP contribution in [0.1, 0.15) is 10.4 Å². The molecule has 1 amide bonds. The summed E-state index contributed by atoms with van der Waals surface area (Å²) in [4.78, 5) is 24.7. The second-order valence-electron chi connectivity index (χ2n) is 4.96. The third kappa shape index (κ3) is 6.72. The van der Waals surface area contributed by atoms with Crippen LogP contribution in [-0.4, -0.2) is 37.4 Å². The largest absolute Gasteiger partial charge is 0.452 e. The quantitative estimate of drug-likeness (QED) is 0.410. The summed E-state index contributed by atoms with van der Waals surface area (Å²) >= 11 is 1.58. The first-order valence-electron chi connectivity index (χ1n) is 7.72. The van der Waals surface area contributed by atoms with Crippen molar-refractivity contribution in [2.45, 2.75) is 11.5 Å². The molecular formula is C18H17F2NO4S. The zero-order valence-electron chi connectivity index (χ0n) is 13.7. The first-order chi connectivity index (χ1) is 12.6. The number of ether oxygens (including phenoxy) is 2. The summed E-state index contributed by atoms with van der Waals surface area (Å²) in [6.07, 6.45) is 0. The van der Waals surface area contributed by atoms with Gasteiger partial charge < -0.3 is 14.8 Å². The second kappa shape index (κ2) is 10.4. The van der Waals surface area contributed by atoms with Gasteiger partial charge in [0.25, 0.3) is 5.91 Å². The number of halogens is 2. The van der Waals surface area contributed by atoms with E-state index in [-0.39, 0.29) is 11.3 Å². The van der Waals surface area contributed by atoms with Crippen molar-refractivity contribution in [3.8, 4) is 5.75 Å². The predicted molar refractivity (Wildman–Crippen MR) is 93.5 cm³/mol. The molecule has 2 rings (SSSR count). The van der Waals surface area contributed by atoms with Crippen molar-refractivity contribution in [3.05, 3.63) is 60.2 Å². The highest BCUT2D eigenvalue weighted by Crippen LogP contribution is 2.21. The van der Waals surface area contributed by atoms with Gasteiger partial charge in [0, 0.05) is 17.2 Å². The third-order valence-corrected chi connectivity index (χ3v) is 4.11. The summed E-state index contributed by atoms with van der Waals surface area (Å²) in [5, 5.41) is 2.62. The Balaban J connectivity index is 1.72. The van der Waals surface area contributed by atoms with Gasteiger partial charge in [-0.2, -0.15) is 8.78 Å². The fourth-order valence-corrected chi connectivity index (χ4v) is 2.76. The number of hydrogen-bond acceptors (Lipinski definition) is 5. The summed E-state index contributed by atoms with van der Waals surface area (Å²) in [6, 6.07) is 15.1. The van der Waals surface area contributed by atoms with Gasteiger partial charge in [0.15, 0.2) is 6.61 Å². The van der Waals surface area contributed by atoms with Gasteiger partial charge >= 0.3 is 12.6 Å². The van der Waals surface area contributed by atoms with E-state index < -0.39 is 25.1 Å². The Hall–Kier alpha value is -2.61. The van der Waals surface area contributed by atoms with Crippen LogP contribution in [0.4, 0.5) is 8.78 Å². The van der Waals surface area contributed by atoms with Gasteiger partial charge in [-0.15, -0.1) is 11.8 Å². The first-order valence-corrected chi connectivity index (χ1v) is 8.70. The summed E-state index contributed by atoms with van der Waals surface area (Å²) in [5.41, 5.74) is -0.166. The maximum Gasteiger partial charge on any atom is 0.387 e. The van der Waals surface area contributed by atoms with Crippen LogP contribution in [0, 0.1) is 0 Å². The van der Waals surface area contributed by atoms with Crippen LogP contribution >= 0.6 is 11.8 Å². The molecule has 0 saturated carbocycles. The molecular weight excluding hydrogens is 364 g/mol. The molecule has 138 valence electrons. The molecule has 0 heterocycles. The second-order valence-corrected chi connectivity index (χ2v) is 6.13. The molecule has 0 aliphatic rings. The predicted octanol–water partition coefficient (Wildman–Crippen LogP) is 3.35. The number of hydrogen-bond donors (Lipinski definition) is 1. The van der Waals surface area contributed by atoms with Crippen LogP contribution in [0.5, 0.6) is 5.75 Å². The topological polar surface area (TPSA) is 64.6 Å². The molecule has 8 heteroatoms. The highest BCUT2D eigenvalue weighted by atomic mass is 32.2. The van der Waals surface area contributed by atoms with Gasteiger partial charge in [-0.3, -0.25) is 4.79 Å². The van der Waals surface area contributed by atoms with Crippen molar-refractivity contribution in [1.29, 1.82) is 0 Å². The van der Waals surface area contributed by atoms with Gasteiger partial charge in [-0.25, -0.2) is 4.79 Å². The van der Waals surface area contributed by atoms with Crippen molar-refractivity contribution in [1.82, 2.24) is 5.32 Å². The first kappa shape index (κ1) is 19.7. The molecule has 0 spiro atoms. The lowest BCUT2D eigenvalue weighted by Crippen LogP contribution is -2.30. The van der Waals surface area contributed by atoms with Crippen molar-refractivity contribution in [2.75, 3.05) is 18.9 Å². The molecule has 2 aromatic rings. The van der Waals surface area contributed by atoms with Gasteiger partial charge in [0.05, 0.1) is 0 Å². The number of carbonyl (C=O) groups is 2. The number of alkyl halides is 2. The van der Waals surface area contributed by atoms with E-state index in [0.29, 0.717) is 12.3 Å². The van der Waals surface area contributed by atoms with E-state index in [1.807, 2.05) is 30.3 Å². The molecule has 0 radical (unpaired) electrons. The number of thioether (sulfide) groups is 1.